The van der Waals surface area contributed by atoms with Crippen molar-refractivity contribution >= 4 is 22.6 Å². The Morgan fingerprint density at radius 2 is 1.88 bits per heavy atom. The molecule has 0 fully saturated rings. The highest BCUT2D eigenvalue weighted by atomic mass is 19.1. The maximum Gasteiger partial charge on any atom is 0.221 e. The summed E-state index contributed by atoms with van der Waals surface area (Å²) in [5, 5.41) is 2.74. The minimum Gasteiger partial charge on any atom is -0.326 e. The molecule has 0 spiro atoms. The minimum absolute atomic E-state index is 0.115. The standard InChI is InChI=1S/C20H15FN4O/c1-13(26)24-16-7-5-14(6-8-16)18-10-20-19(11-22-18)23-12-25(20)17-4-2-3-15(21)9-17/h2-12H,1H3,(H,24,26). The number of imidazole rings is 1. The van der Waals surface area contributed by atoms with Gasteiger partial charge >= 0.3 is 0 Å². The van der Waals surface area contributed by atoms with Gasteiger partial charge in [0.1, 0.15) is 17.7 Å². The van der Waals surface area contributed by atoms with Gasteiger partial charge in [-0.05, 0) is 36.4 Å². The Hall–Kier alpha value is -3.54. The van der Waals surface area contributed by atoms with Gasteiger partial charge in [-0.2, -0.15) is 0 Å². The number of amides is 1. The summed E-state index contributed by atoms with van der Waals surface area (Å²) >= 11 is 0. The van der Waals surface area contributed by atoms with Gasteiger partial charge in [0.15, 0.2) is 0 Å². The molecule has 0 unspecified atom stereocenters. The summed E-state index contributed by atoms with van der Waals surface area (Å²) < 4.78 is 15.4. The molecule has 0 aliphatic heterocycles. The van der Waals surface area contributed by atoms with E-state index < -0.39 is 0 Å². The lowest BCUT2D eigenvalue weighted by Crippen LogP contribution is -2.05. The summed E-state index contributed by atoms with van der Waals surface area (Å²) in [5.41, 5.74) is 4.68. The summed E-state index contributed by atoms with van der Waals surface area (Å²) in [5.74, 6) is -0.413. The number of carbonyl (C=O) groups excluding carboxylic acids is 1. The Labute approximate surface area is 149 Å². The normalized spacial score (nSPS) is 10.8. The monoisotopic (exact) mass is 346 g/mol. The van der Waals surface area contributed by atoms with E-state index in [9.17, 15) is 9.18 Å². The van der Waals surface area contributed by atoms with Crippen molar-refractivity contribution in [2.45, 2.75) is 6.92 Å². The zero-order valence-electron chi connectivity index (χ0n) is 14.0. The van der Waals surface area contributed by atoms with Crippen LogP contribution in [-0.2, 0) is 4.79 Å². The number of anilines is 1. The van der Waals surface area contributed by atoms with Gasteiger partial charge in [-0.3, -0.25) is 14.3 Å². The predicted octanol–water partition coefficient (Wildman–Crippen LogP) is 4.19. The summed E-state index contributed by atoms with van der Waals surface area (Å²) in [4.78, 5) is 19.9. The molecule has 0 atom stereocenters. The van der Waals surface area contributed by atoms with Gasteiger partial charge in [-0.1, -0.05) is 18.2 Å². The third-order valence-corrected chi connectivity index (χ3v) is 4.02. The first kappa shape index (κ1) is 16.0. The molecule has 0 aliphatic rings. The van der Waals surface area contributed by atoms with Crippen LogP contribution in [0.15, 0.2) is 67.1 Å². The second kappa shape index (κ2) is 6.40. The molecule has 1 N–H and O–H groups in total. The number of pyridine rings is 1. The zero-order chi connectivity index (χ0) is 18.1. The van der Waals surface area contributed by atoms with Crippen molar-refractivity contribution in [3.8, 4) is 16.9 Å². The first-order chi connectivity index (χ1) is 12.6. The highest BCUT2D eigenvalue weighted by Gasteiger charge is 2.09. The first-order valence-corrected chi connectivity index (χ1v) is 8.07. The van der Waals surface area contributed by atoms with E-state index in [0.29, 0.717) is 5.69 Å². The van der Waals surface area contributed by atoms with E-state index in [1.165, 1.54) is 19.1 Å². The number of rotatable bonds is 3. The Balaban J connectivity index is 1.75. The van der Waals surface area contributed by atoms with Gasteiger partial charge in [0.25, 0.3) is 0 Å². The van der Waals surface area contributed by atoms with Gasteiger partial charge in [0.2, 0.25) is 5.91 Å². The first-order valence-electron chi connectivity index (χ1n) is 8.07. The van der Waals surface area contributed by atoms with Crippen molar-refractivity contribution < 1.29 is 9.18 Å². The minimum atomic E-state index is -0.299. The molecule has 1 amide bonds. The van der Waals surface area contributed by atoms with Crippen LogP contribution in [0.25, 0.3) is 28.0 Å². The Bertz CT molecular complexity index is 1100. The van der Waals surface area contributed by atoms with Crippen LogP contribution in [0.5, 0.6) is 0 Å². The number of benzene rings is 2. The molecule has 0 saturated carbocycles. The van der Waals surface area contributed by atoms with Crippen molar-refractivity contribution in [1.29, 1.82) is 0 Å². The molecule has 5 nitrogen and oxygen atoms in total. The summed E-state index contributed by atoms with van der Waals surface area (Å²) in [6.07, 6.45) is 3.35. The molecule has 4 aromatic rings. The molecule has 26 heavy (non-hydrogen) atoms. The lowest BCUT2D eigenvalue weighted by Gasteiger charge is -2.07. The highest BCUT2D eigenvalue weighted by Crippen LogP contribution is 2.25. The van der Waals surface area contributed by atoms with E-state index in [2.05, 4.69) is 15.3 Å². The SMILES string of the molecule is CC(=O)Nc1ccc(-c2cc3c(cn2)ncn3-c2cccc(F)c2)cc1. The number of nitrogens with zero attached hydrogens (tertiary/aromatic N) is 3. The van der Waals surface area contributed by atoms with Gasteiger partial charge in [-0.15, -0.1) is 0 Å². The van der Waals surface area contributed by atoms with E-state index in [4.69, 9.17) is 0 Å². The van der Waals surface area contributed by atoms with E-state index in [1.54, 1.807) is 18.6 Å². The van der Waals surface area contributed by atoms with Crippen molar-refractivity contribution in [3.05, 3.63) is 72.9 Å². The number of halogens is 1. The molecule has 0 radical (unpaired) electrons. The third kappa shape index (κ3) is 3.04. The van der Waals surface area contributed by atoms with Crippen LogP contribution in [-0.4, -0.2) is 20.4 Å². The number of carbonyl (C=O) groups is 1. The molecule has 2 aromatic carbocycles. The average Bonchev–Trinajstić information content (AvgIpc) is 3.05. The fourth-order valence-corrected chi connectivity index (χ4v) is 2.83. The number of fused-ring (bicyclic) bond motifs is 1. The van der Waals surface area contributed by atoms with Crippen LogP contribution < -0.4 is 5.32 Å². The number of aromatic nitrogens is 3. The van der Waals surface area contributed by atoms with Crippen molar-refractivity contribution in [2.75, 3.05) is 5.32 Å². The van der Waals surface area contributed by atoms with Gasteiger partial charge < -0.3 is 5.32 Å². The largest absolute Gasteiger partial charge is 0.326 e. The Kier molecular flexibility index (Phi) is 3.93. The average molecular weight is 346 g/mol. The molecular formula is C20H15FN4O. The molecule has 0 bridgehead atoms. The second-order valence-corrected chi connectivity index (χ2v) is 5.91. The van der Waals surface area contributed by atoms with Gasteiger partial charge in [0.05, 0.1) is 23.1 Å². The van der Waals surface area contributed by atoms with Crippen molar-refractivity contribution in [1.82, 2.24) is 14.5 Å². The van der Waals surface area contributed by atoms with E-state index >= 15 is 0 Å². The van der Waals surface area contributed by atoms with Gasteiger partial charge in [0, 0.05) is 18.2 Å². The van der Waals surface area contributed by atoms with Crippen LogP contribution in [0.2, 0.25) is 0 Å². The molecule has 0 saturated heterocycles. The molecule has 0 aliphatic carbocycles. The summed E-state index contributed by atoms with van der Waals surface area (Å²) in [6, 6.07) is 15.7. The smallest absolute Gasteiger partial charge is 0.221 e. The topological polar surface area (TPSA) is 59.8 Å². The van der Waals surface area contributed by atoms with Crippen molar-refractivity contribution in [2.24, 2.45) is 0 Å². The predicted molar refractivity (Wildman–Crippen MR) is 98.6 cm³/mol. The van der Waals surface area contributed by atoms with Crippen LogP contribution in [0.4, 0.5) is 10.1 Å². The van der Waals surface area contributed by atoms with E-state index in [1.807, 2.05) is 41.0 Å². The number of hydrogen-bond acceptors (Lipinski definition) is 3. The highest BCUT2D eigenvalue weighted by molar-refractivity contribution is 5.89. The molecule has 6 heteroatoms. The van der Waals surface area contributed by atoms with Crippen LogP contribution in [0, 0.1) is 5.82 Å². The lowest BCUT2D eigenvalue weighted by molar-refractivity contribution is -0.114. The molecule has 2 aromatic heterocycles. The zero-order valence-corrected chi connectivity index (χ0v) is 14.0. The molecule has 128 valence electrons. The molecule has 4 rings (SSSR count). The maximum atomic E-state index is 13.6. The van der Waals surface area contributed by atoms with Gasteiger partial charge in [-0.25, -0.2) is 9.37 Å². The van der Waals surface area contributed by atoms with E-state index in [0.717, 1.165) is 28.0 Å². The maximum absolute atomic E-state index is 13.6. The Morgan fingerprint density at radius 1 is 1.08 bits per heavy atom. The van der Waals surface area contributed by atoms with Crippen LogP contribution in [0.1, 0.15) is 6.92 Å². The Morgan fingerprint density at radius 3 is 2.62 bits per heavy atom. The number of hydrogen-bond donors (Lipinski definition) is 1. The fraction of sp³-hybridized carbons (Fsp3) is 0.0500. The summed E-state index contributed by atoms with van der Waals surface area (Å²) in [7, 11) is 0. The van der Waals surface area contributed by atoms with Crippen LogP contribution >= 0.6 is 0 Å². The van der Waals surface area contributed by atoms with E-state index in [-0.39, 0.29) is 11.7 Å². The summed E-state index contributed by atoms with van der Waals surface area (Å²) in [6.45, 7) is 1.47. The third-order valence-electron chi connectivity index (χ3n) is 4.02. The molecule has 2 heterocycles. The fourth-order valence-electron chi connectivity index (χ4n) is 2.83. The number of nitrogens with one attached hydrogen (secondary N) is 1. The van der Waals surface area contributed by atoms with Crippen LogP contribution in [0.3, 0.4) is 0 Å². The quantitative estimate of drug-likeness (QED) is 0.605. The second-order valence-electron chi connectivity index (χ2n) is 5.91. The van der Waals surface area contributed by atoms with Crippen molar-refractivity contribution in [3.63, 3.8) is 0 Å². The lowest BCUT2D eigenvalue weighted by atomic mass is 10.1. The molecular weight excluding hydrogens is 331 g/mol.